The maximum Gasteiger partial charge on any atom is 0.339 e. The lowest BCUT2D eigenvalue weighted by molar-refractivity contribution is -0.137. The number of carbonyl (C=O) groups is 3. The van der Waals surface area contributed by atoms with Crippen LogP contribution in [-0.2, 0) is 14.4 Å². The first-order chi connectivity index (χ1) is 13.1. The van der Waals surface area contributed by atoms with Crippen molar-refractivity contribution < 1.29 is 28.6 Å². The molecule has 1 aromatic heterocycles. The van der Waals surface area contributed by atoms with Crippen LogP contribution < -0.4 is 21.0 Å². The number of carboxylic acid groups (broad SMARTS) is 1. The Hall–Kier alpha value is -3.36. The summed E-state index contributed by atoms with van der Waals surface area (Å²) in [7, 11) is 0. The van der Waals surface area contributed by atoms with Crippen molar-refractivity contribution in [1.29, 1.82) is 0 Å². The SMILES string of the molecule is Cc1cc(O[C@H](C)C(=O)NCC(=O)NCC(=O)O)c2c(C)c(C)c(=O)oc2c1. The van der Waals surface area contributed by atoms with Crippen LogP contribution in [-0.4, -0.2) is 42.1 Å². The highest BCUT2D eigenvalue weighted by Crippen LogP contribution is 2.31. The van der Waals surface area contributed by atoms with E-state index in [9.17, 15) is 19.2 Å². The molecule has 2 amide bonds. The average molecular weight is 390 g/mol. The summed E-state index contributed by atoms with van der Waals surface area (Å²) < 4.78 is 11.1. The number of ether oxygens (including phenoxy) is 1. The average Bonchev–Trinajstić information content (AvgIpc) is 2.61. The van der Waals surface area contributed by atoms with Gasteiger partial charge in [-0.25, -0.2) is 4.79 Å². The van der Waals surface area contributed by atoms with Gasteiger partial charge < -0.3 is 24.9 Å². The van der Waals surface area contributed by atoms with Crippen molar-refractivity contribution in [2.24, 2.45) is 0 Å². The van der Waals surface area contributed by atoms with Gasteiger partial charge >= 0.3 is 11.6 Å². The standard InChI is InChI=1S/C19H22N2O7/c1-9-5-13(17-10(2)11(3)19(26)28-14(17)6-9)27-12(4)18(25)21-7-15(22)20-8-16(23)24/h5-6,12H,7-8H2,1-4H3,(H,20,22)(H,21,25)(H,23,24)/t12-/m1/s1. The maximum absolute atomic E-state index is 12.2. The van der Waals surface area contributed by atoms with Crippen molar-refractivity contribution in [2.45, 2.75) is 33.8 Å². The molecule has 1 atom stereocenters. The fourth-order valence-electron chi connectivity index (χ4n) is 2.57. The van der Waals surface area contributed by atoms with Gasteiger partial charge in [0.15, 0.2) is 6.10 Å². The molecule has 150 valence electrons. The summed E-state index contributed by atoms with van der Waals surface area (Å²) >= 11 is 0. The Kier molecular flexibility index (Phi) is 6.40. The molecule has 0 bridgehead atoms. The van der Waals surface area contributed by atoms with Crippen LogP contribution in [0.15, 0.2) is 21.3 Å². The van der Waals surface area contributed by atoms with Crippen LogP contribution in [0.2, 0.25) is 0 Å². The second-order valence-corrected chi connectivity index (χ2v) is 6.42. The number of carboxylic acids is 1. The molecule has 0 saturated heterocycles. The van der Waals surface area contributed by atoms with Gasteiger partial charge in [-0.15, -0.1) is 0 Å². The van der Waals surface area contributed by atoms with E-state index >= 15 is 0 Å². The largest absolute Gasteiger partial charge is 0.480 e. The molecule has 1 heterocycles. The number of carbonyl (C=O) groups excluding carboxylic acids is 2. The van der Waals surface area contributed by atoms with Gasteiger partial charge in [-0.05, 0) is 51.0 Å². The van der Waals surface area contributed by atoms with E-state index in [-0.39, 0.29) is 6.54 Å². The van der Waals surface area contributed by atoms with E-state index in [0.717, 1.165) is 5.56 Å². The zero-order chi connectivity index (χ0) is 21.0. The van der Waals surface area contributed by atoms with E-state index in [2.05, 4.69) is 10.6 Å². The van der Waals surface area contributed by atoms with E-state index < -0.39 is 36.1 Å². The van der Waals surface area contributed by atoms with Gasteiger partial charge in [-0.3, -0.25) is 14.4 Å². The minimum absolute atomic E-state index is 0.365. The molecular formula is C19H22N2O7. The predicted molar refractivity (Wildman–Crippen MR) is 100 cm³/mol. The minimum atomic E-state index is -1.18. The molecule has 0 spiro atoms. The molecule has 2 rings (SSSR count). The van der Waals surface area contributed by atoms with Crippen molar-refractivity contribution in [2.75, 3.05) is 13.1 Å². The van der Waals surface area contributed by atoms with Crippen LogP contribution >= 0.6 is 0 Å². The summed E-state index contributed by atoms with van der Waals surface area (Å²) in [6, 6.07) is 3.45. The Labute approximate surface area is 160 Å². The molecule has 0 radical (unpaired) electrons. The zero-order valence-electron chi connectivity index (χ0n) is 16.0. The highest BCUT2D eigenvalue weighted by Gasteiger charge is 2.19. The van der Waals surface area contributed by atoms with E-state index in [1.54, 1.807) is 32.9 Å². The highest BCUT2D eigenvalue weighted by molar-refractivity contribution is 5.90. The Morgan fingerprint density at radius 1 is 1.11 bits per heavy atom. The molecule has 0 aliphatic heterocycles. The van der Waals surface area contributed by atoms with Gasteiger partial charge in [0.2, 0.25) is 5.91 Å². The fraction of sp³-hybridized carbons (Fsp3) is 0.368. The normalized spacial score (nSPS) is 11.7. The molecule has 0 saturated carbocycles. The van der Waals surface area contributed by atoms with Crippen LogP contribution in [0.5, 0.6) is 5.75 Å². The van der Waals surface area contributed by atoms with E-state index in [4.69, 9.17) is 14.3 Å². The van der Waals surface area contributed by atoms with Crippen LogP contribution in [0.4, 0.5) is 0 Å². The first-order valence-electron chi connectivity index (χ1n) is 8.57. The predicted octanol–water partition coefficient (Wildman–Crippen LogP) is 0.803. The summed E-state index contributed by atoms with van der Waals surface area (Å²) in [4.78, 5) is 46.0. The number of rotatable bonds is 7. The smallest absolute Gasteiger partial charge is 0.339 e. The van der Waals surface area contributed by atoms with Crippen molar-refractivity contribution in [1.82, 2.24) is 10.6 Å². The Bertz CT molecular complexity index is 994. The summed E-state index contributed by atoms with van der Waals surface area (Å²) in [6.45, 7) is 5.84. The van der Waals surface area contributed by atoms with E-state index in [0.29, 0.717) is 27.8 Å². The number of benzene rings is 1. The Balaban J connectivity index is 2.16. The lowest BCUT2D eigenvalue weighted by Crippen LogP contribution is -2.43. The first kappa shape index (κ1) is 20.9. The minimum Gasteiger partial charge on any atom is -0.480 e. The van der Waals surface area contributed by atoms with Crippen molar-refractivity contribution in [3.63, 3.8) is 0 Å². The number of nitrogens with one attached hydrogen (secondary N) is 2. The fourth-order valence-corrected chi connectivity index (χ4v) is 2.57. The van der Waals surface area contributed by atoms with Crippen molar-refractivity contribution >= 4 is 28.8 Å². The molecule has 2 aromatic rings. The lowest BCUT2D eigenvalue weighted by atomic mass is 10.0. The molecule has 0 unspecified atom stereocenters. The van der Waals surface area contributed by atoms with E-state index in [1.165, 1.54) is 6.92 Å². The summed E-state index contributed by atoms with van der Waals surface area (Å²) in [5.41, 5.74) is 1.87. The van der Waals surface area contributed by atoms with Gasteiger partial charge in [0.05, 0.1) is 11.9 Å². The Morgan fingerprint density at radius 2 is 1.79 bits per heavy atom. The molecule has 0 fully saturated rings. The zero-order valence-corrected chi connectivity index (χ0v) is 16.0. The molecule has 3 N–H and O–H groups in total. The van der Waals surface area contributed by atoms with Crippen molar-refractivity contribution in [3.8, 4) is 5.75 Å². The van der Waals surface area contributed by atoms with Gasteiger partial charge in [0, 0.05) is 5.56 Å². The third-order valence-electron chi connectivity index (χ3n) is 4.19. The van der Waals surface area contributed by atoms with Gasteiger partial charge in [0.1, 0.15) is 17.9 Å². The van der Waals surface area contributed by atoms with Crippen molar-refractivity contribution in [3.05, 3.63) is 39.2 Å². The number of hydrogen-bond donors (Lipinski definition) is 3. The third-order valence-corrected chi connectivity index (χ3v) is 4.19. The van der Waals surface area contributed by atoms with Crippen LogP contribution in [0.3, 0.4) is 0 Å². The third kappa shape index (κ3) is 4.87. The second-order valence-electron chi connectivity index (χ2n) is 6.42. The highest BCUT2D eigenvalue weighted by atomic mass is 16.5. The molecule has 9 nitrogen and oxygen atoms in total. The van der Waals surface area contributed by atoms with Gasteiger partial charge in [-0.2, -0.15) is 0 Å². The quantitative estimate of drug-likeness (QED) is 0.595. The number of hydrogen-bond acceptors (Lipinski definition) is 6. The lowest BCUT2D eigenvalue weighted by Gasteiger charge is -2.17. The molecule has 0 aliphatic rings. The number of fused-ring (bicyclic) bond motifs is 1. The second kappa shape index (κ2) is 8.55. The summed E-state index contributed by atoms with van der Waals surface area (Å²) in [5.74, 6) is -1.97. The molecular weight excluding hydrogens is 368 g/mol. The maximum atomic E-state index is 12.2. The number of aliphatic carboxylic acids is 1. The number of amides is 2. The molecule has 9 heteroatoms. The first-order valence-corrected chi connectivity index (χ1v) is 8.57. The summed E-state index contributed by atoms with van der Waals surface area (Å²) in [6.07, 6.45) is -0.941. The van der Waals surface area contributed by atoms with Crippen LogP contribution in [0, 0.1) is 20.8 Å². The van der Waals surface area contributed by atoms with Gasteiger partial charge in [0.25, 0.3) is 5.91 Å². The molecule has 1 aromatic carbocycles. The Morgan fingerprint density at radius 3 is 2.43 bits per heavy atom. The van der Waals surface area contributed by atoms with Crippen LogP contribution in [0.25, 0.3) is 11.0 Å². The van der Waals surface area contributed by atoms with Gasteiger partial charge in [-0.1, -0.05) is 0 Å². The van der Waals surface area contributed by atoms with E-state index in [1.807, 2.05) is 0 Å². The molecule has 0 aliphatic carbocycles. The monoisotopic (exact) mass is 390 g/mol. The topological polar surface area (TPSA) is 135 Å². The number of aryl methyl sites for hydroxylation is 2. The van der Waals surface area contributed by atoms with Crippen LogP contribution in [0.1, 0.15) is 23.6 Å². The molecule has 28 heavy (non-hydrogen) atoms. The summed E-state index contributed by atoms with van der Waals surface area (Å²) in [5, 5.41) is 13.6.